The number of carbonyl (C=O) groups is 1. The van der Waals surface area contributed by atoms with Crippen LogP contribution in [0.1, 0.15) is 30.4 Å². The summed E-state index contributed by atoms with van der Waals surface area (Å²) in [5.41, 5.74) is 2.09. The number of Topliss-reactive ketones (excluding diaryl/α,β-unsaturated/α-hetero) is 1. The fourth-order valence-electron chi connectivity index (χ4n) is 2.42. The molecule has 1 aromatic carbocycles. The monoisotopic (exact) mass is 265 g/mol. The van der Waals surface area contributed by atoms with Crippen LogP contribution in [0, 0.1) is 12.8 Å². The molecule has 1 aliphatic rings. The van der Waals surface area contributed by atoms with Crippen LogP contribution in [0.2, 0.25) is 5.02 Å². The van der Waals surface area contributed by atoms with Gasteiger partial charge in [0.25, 0.3) is 0 Å². The molecule has 0 spiro atoms. The molecule has 1 aliphatic heterocycles. The van der Waals surface area contributed by atoms with Gasteiger partial charge >= 0.3 is 0 Å². The van der Waals surface area contributed by atoms with Crippen LogP contribution in [-0.2, 0) is 11.2 Å². The normalized spacial score (nSPS) is 19.1. The van der Waals surface area contributed by atoms with Crippen molar-refractivity contribution in [2.45, 2.75) is 32.6 Å². The minimum atomic E-state index is 0.299. The van der Waals surface area contributed by atoms with Crippen molar-refractivity contribution in [1.29, 1.82) is 0 Å². The van der Waals surface area contributed by atoms with Gasteiger partial charge in [-0.25, -0.2) is 0 Å². The van der Waals surface area contributed by atoms with Crippen molar-refractivity contribution < 1.29 is 4.79 Å². The van der Waals surface area contributed by atoms with Gasteiger partial charge in [-0.3, -0.25) is 4.79 Å². The van der Waals surface area contributed by atoms with Crippen LogP contribution in [-0.4, -0.2) is 18.9 Å². The molecule has 0 aromatic heterocycles. The van der Waals surface area contributed by atoms with Crippen molar-refractivity contribution >= 4 is 17.4 Å². The third-order valence-electron chi connectivity index (χ3n) is 3.59. The van der Waals surface area contributed by atoms with Crippen molar-refractivity contribution in [3.8, 4) is 0 Å². The van der Waals surface area contributed by atoms with E-state index in [-0.39, 0.29) is 0 Å². The van der Waals surface area contributed by atoms with Gasteiger partial charge in [-0.1, -0.05) is 23.7 Å². The summed E-state index contributed by atoms with van der Waals surface area (Å²) in [6.45, 7) is 4.17. The Labute approximate surface area is 114 Å². The molecular formula is C15H20ClNO. The summed E-state index contributed by atoms with van der Waals surface area (Å²) in [7, 11) is 0. The molecule has 1 fully saturated rings. The highest BCUT2D eigenvalue weighted by atomic mass is 35.5. The highest BCUT2D eigenvalue weighted by molar-refractivity contribution is 6.31. The topological polar surface area (TPSA) is 29.1 Å². The first-order valence-electron chi connectivity index (χ1n) is 6.62. The molecule has 0 amide bonds. The van der Waals surface area contributed by atoms with Gasteiger partial charge in [0.2, 0.25) is 0 Å². The minimum absolute atomic E-state index is 0.299. The van der Waals surface area contributed by atoms with E-state index in [1.54, 1.807) is 0 Å². The fraction of sp³-hybridized carbons (Fsp3) is 0.533. The summed E-state index contributed by atoms with van der Waals surface area (Å²) < 4.78 is 0. The number of aryl methyl sites for hydroxylation is 1. The van der Waals surface area contributed by atoms with E-state index in [2.05, 4.69) is 5.32 Å². The average molecular weight is 266 g/mol. The Bertz CT molecular complexity index is 425. The van der Waals surface area contributed by atoms with Crippen LogP contribution in [0.4, 0.5) is 0 Å². The van der Waals surface area contributed by atoms with Crippen molar-refractivity contribution in [3.63, 3.8) is 0 Å². The fourth-order valence-corrected chi connectivity index (χ4v) is 2.72. The van der Waals surface area contributed by atoms with E-state index < -0.39 is 0 Å². The number of carbonyl (C=O) groups excluding carboxylic acids is 1. The Balaban J connectivity index is 1.82. The molecule has 2 nitrogen and oxygen atoms in total. The second-order valence-electron chi connectivity index (χ2n) is 5.21. The molecule has 1 heterocycles. The molecule has 2 rings (SSSR count). The Kier molecular flexibility index (Phi) is 4.79. The number of hydrogen-bond acceptors (Lipinski definition) is 2. The smallest absolute Gasteiger partial charge is 0.137 e. The third-order valence-corrected chi connectivity index (χ3v) is 3.94. The molecule has 3 heteroatoms. The van der Waals surface area contributed by atoms with Crippen LogP contribution in [0.25, 0.3) is 0 Å². The first kappa shape index (κ1) is 13.6. The van der Waals surface area contributed by atoms with Gasteiger partial charge in [-0.05, 0) is 56.0 Å². The lowest BCUT2D eigenvalue weighted by molar-refractivity contribution is -0.118. The predicted molar refractivity (Wildman–Crippen MR) is 75.1 cm³/mol. The van der Waals surface area contributed by atoms with E-state index in [9.17, 15) is 4.79 Å². The molecule has 0 saturated carbocycles. The van der Waals surface area contributed by atoms with Gasteiger partial charge in [-0.2, -0.15) is 0 Å². The standard InChI is InChI=1S/C15H20ClNO/c1-11-2-4-13(15(16)8-11)9-14(18)5-3-12-6-7-17-10-12/h2,4,8,12,17H,3,5-7,9-10H2,1H3. The molecule has 1 aromatic rings. The van der Waals surface area contributed by atoms with E-state index in [0.29, 0.717) is 29.6 Å². The van der Waals surface area contributed by atoms with Crippen molar-refractivity contribution in [2.75, 3.05) is 13.1 Å². The lowest BCUT2D eigenvalue weighted by Gasteiger charge is -2.08. The van der Waals surface area contributed by atoms with Gasteiger partial charge in [-0.15, -0.1) is 0 Å². The Morgan fingerprint density at radius 2 is 2.33 bits per heavy atom. The molecule has 18 heavy (non-hydrogen) atoms. The first-order chi connectivity index (χ1) is 8.65. The second kappa shape index (κ2) is 6.35. The van der Waals surface area contributed by atoms with Gasteiger partial charge in [0.05, 0.1) is 0 Å². The largest absolute Gasteiger partial charge is 0.316 e. The summed E-state index contributed by atoms with van der Waals surface area (Å²) in [4.78, 5) is 11.9. The summed E-state index contributed by atoms with van der Waals surface area (Å²) in [6.07, 6.45) is 3.36. The Morgan fingerprint density at radius 1 is 1.50 bits per heavy atom. The molecule has 0 aliphatic carbocycles. The van der Waals surface area contributed by atoms with Crippen LogP contribution in [0.15, 0.2) is 18.2 Å². The molecule has 1 unspecified atom stereocenters. The maximum absolute atomic E-state index is 11.9. The van der Waals surface area contributed by atoms with E-state index in [1.807, 2.05) is 25.1 Å². The maximum Gasteiger partial charge on any atom is 0.137 e. The van der Waals surface area contributed by atoms with E-state index in [0.717, 1.165) is 30.6 Å². The average Bonchev–Trinajstić information content (AvgIpc) is 2.83. The zero-order valence-corrected chi connectivity index (χ0v) is 11.6. The molecule has 1 saturated heterocycles. The van der Waals surface area contributed by atoms with Crippen molar-refractivity contribution in [1.82, 2.24) is 5.32 Å². The summed E-state index contributed by atoms with van der Waals surface area (Å²) in [6, 6.07) is 5.90. The summed E-state index contributed by atoms with van der Waals surface area (Å²) >= 11 is 6.14. The zero-order chi connectivity index (χ0) is 13.0. The van der Waals surface area contributed by atoms with Gasteiger partial charge in [0, 0.05) is 17.9 Å². The zero-order valence-electron chi connectivity index (χ0n) is 10.8. The van der Waals surface area contributed by atoms with Crippen LogP contribution in [0.5, 0.6) is 0 Å². The van der Waals surface area contributed by atoms with Gasteiger partial charge in [0.1, 0.15) is 5.78 Å². The molecular weight excluding hydrogens is 246 g/mol. The predicted octanol–water partition coefficient (Wildman–Crippen LogP) is 3.15. The quantitative estimate of drug-likeness (QED) is 0.886. The molecule has 98 valence electrons. The first-order valence-corrected chi connectivity index (χ1v) is 7.00. The molecule has 0 radical (unpaired) electrons. The Hall–Kier alpha value is -0.860. The summed E-state index contributed by atoms with van der Waals surface area (Å²) in [5, 5.41) is 4.04. The lowest BCUT2D eigenvalue weighted by Crippen LogP contribution is -2.11. The molecule has 1 atom stereocenters. The summed E-state index contributed by atoms with van der Waals surface area (Å²) in [5.74, 6) is 0.982. The highest BCUT2D eigenvalue weighted by Gasteiger charge is 2.16. The Morgan fingerprint density at radius 3 is 3.00 bits per heavy atom. The molecule has 1 N–H and O–H groups in total. The number of hydrogen-bond donors (Lipinski definition) is 1. The van der Waals surface area contributed by atoms with E-state index >= 15 is 0 Å². The number of benzene rings is 1. The minimum Gasteiger partial charge on any atom is -0.316 e. The SMILES string of the molecule is Cc1ccc(CC(=O)CCC2CCNC2)c(Cl)c1. The third kappa shape index (κ3) is 3.82. The highest BCUT2D eigenvalue weighted by Crippen LogP contribution is 2.20. The lowest BCUT2D eigenvalue weighted by atomic mass is 9.98. The molecule has 0 bridgehead atoms. The van der Waals surface area contributed by atoms with Gasteiger partial charge < -0.3 is 5.32 Å². The van der Waals surface area contributed by atoms with Crippen molar-refractivity contribution in [2.24, 2.45) is 5.92 Å². The van der Waals surface area contributed by atoms with E-state index in [1.165, 1.54) is 6.42 Å². The van der Waals surface area contributed by atoms with Crippen LogP contribution < -0.4 is 5.32 Å². The number of nitrogens with one attached hydrogen (secondary N) is 1. The number of rotatable bonds is 5. The number of ketones is 1. The number of halogens is 1. The van der Waals surface area contributed by atoms with Gasteiger partial charge in [0.15, 0.2) is 0 Å². The maximum atomic E-state index is 11.9. The van der Waals surface area contributed by atoms with E-state index in [4.69, 9.17) is 11.6 Å². The van der Waals surface area contributed by atoms with Crippen LogP contribution >= 0.6 is 11.6 Å². The van der Waals surface area contributed by atoms with Crippen molar-refractivity contribution in [3.05, 3.63) is 34.3 Å². The second-order valence-corrected chi connectivity index (χ2v) is 5.62. The van der Waals surface area contributed by atoms with Crippen LogP contribution in [0.3, 0.4) is 0 Å².